The van der Waals surface area contributed by atoms with Gasteiger partial charge in [-0.05, 0) is 349 Å². The van der Waals surface area contributed by atoms with Gasteiger partial charge in [0.1, 0.15) is 0 Å². The van der Waals surface area contributed by atoms with Crippen LogP contribution in [-0.2, 0) is 37.9 Å². The number of rotatable bonds is 8. The van der Waals surface area contributed by atoms with E-state index in [1.54, 1.807) is 0 Å². The van der Waals surface area contributed by atoms with Crippen molar-refractivity contribution in [3.63, 3.8) is 0 Å². The van der Waals surface area contributed by atoms with E-state index in [1.165, 1.54) is 195 Å². The summed E-state index contributed by atoms with van der Waals surface area (Å²) in [5, 5.41) is 0. The third-order valence-corrected chi connectivity index (χ3v) is 24.4. The molecule has 0 bridgehead atoms. The van der Waals surface area contributed by atoms with E-state index in [4.69, 9.17) is 0 Å². The van der Waals surface area contributed by atoms with Crippen molar-refractivity contribution in [2.45, 2.75) is 346 Å². The first-order chi connectivity index (χ1) is 54.2. The summed E-state index contributed by atoms with van der Waals surface area (Å²) in [5.41, 5.74) is 50.4. The summed E-state index contributed by atoms with van der Waals surface area (Å²) in [6, 6.07) is 70.0. The van der Waals surface area contributed by atoms with Gasteiger partial charge in [-0.15, -0.1) is 0 Å². The van der Waals surface area contributed by atoms with Gasteiger partial charge in [-0.3, -0.25) is 0 Å². The highest BCUT2D eigenvalue weighted by molar-refractivity contribution is 5.77. The van der Waals surface area contributed by atoms with Crippen molar-refractivity contribution in [3.8, 4) is 55.6 Å². The van der Waals surface area contributed by atoms with Crippen molar-refractivity contribution in [3.05, 3.63) is 327 Å². The first-order valence-electron chi connectivity index (χ1n) is 44.3. The van der Waals surface area contributed by atoms with Crippen molar-refractivity contribution >= 4 is 0 Å². The molecular formula is C118H160. The van der Waals surface area contributed by atoms with Crippen LogP contribution in [0.5, 0.6) is 0 Å². The summed E-state index contributed by atoms with van der Waals surface area (Å²) in [6.07, 6.45) is 0. The maximum Gasteiger partial charge on any atom is -0.0114 e. The molecule has 118 heavy (non-hydrogen) atoms. The highest BCUT2D eigenvalue weighted by Crippen LogP contribution is 2.44. The Bertz CT molecular complexity index is 5190. The van der Waals surface area contributed by atoms with Crippen LogP contribution in [0.4, 0.5) is 0 Å². The highest BCUT2D eigenvalue weighted by Gasteiger charge is 2.27. The maximum atomic E-state index is 2.44. The topological polar surface area (TPSA) is 0 Å². The van der Waals surface area contributed by atoms with E-state index < -0.39 is 0 Å². The molecule has 0 aliphatic rings. The number of aryl methyl sites for hydroxylation is 10. The molecule has 11 rings (SSSR count). The van der Waals surface area contributed by atoms with Gasteiger partial charge in [0.25, 0.3) is 0 Å². The molecule has 0 radical (unpaired) electrons. The van der Waals surface area contributed by atoms with Crippen LogP contribution in [0.15, 0.2) is 188 Å². The molecule has 0 heterocycles. The lowest BCUT2D eigenvalue weighted by molar-refractivity contribution is 0.584. The Hall–Kier alpha value is -8.58. The maximum absolute atomic E-state index is 2.44. The smallest absolute Gasteiger partial charge is 0.0114 e. The second kappa shape index (κ2) is 39.3. The predicted molar refractivity (Wildman–Crippen MR) is 530 cm³/mol. The van der Waals surface area contributed by atoms with Crippen LogP contribution < -0.4 is 0 Å². The molecule has 0 nitrogen and oxygen atoms in total. The minimum absolute atomic E-state index is 0.150. The van der Waals surface area contributed by atoms with Gasteiger partial charge in [0.2, 0.25) is 0 Å². The average molecular weight is 1580 g/mol. The minimum Gasteiger partial charge on any atom is -0.0620 e. The third-order valence-electron chi connectivity index (χ3n) is 24.4. The van der Waals surface area contributed by atoms with E-state index in [2.05, 4.69) is 479 Å². The SMILES string of the molecule is Cc1cc(-c2c(C(C)C)cccc2C(C)C)cc(C(C)(C)C)c1C.Cc1cc(-c2c(C)cccc2C)cc(C(C)(C)C)c1C.Cc1cc(-c2ccccc2C(C)(C)C)cc(C(C)(C)C)c1C.Cc1cc(-c2ccccc2C(C)C)cc(C(C)(C)C)c1C.Cc1ccc(C(C)(C)C)c(C)c1.Cc1ccccc1-c1cc(C)c(C)c(C(C)(C)C)c1. The van der Waals surface area contributed by atoms with Crippen LogP contribution in [0.1, 0.15) is 344 Å². The van der Waals surface area contributed by atoms with Crippen molar-refractivity contribution in [1.29, 1.82) is 0 Å². The average Bonchev–Trinajstić information content (AvgIpc) is 0.806. The molecule has 0 saturated carbocycles. The van der Waals surface area contributed by atoms with Crippen LogP contribution in [0.25, 0.3) is 55.6 Å². The molecule has 0 N–H and O–H groups in total. The Balaban J connectivity index is 0.000000222. The van der Waals surface area contributed by atoms with Gasteiger partial charge in [0, 0.05) is 0 Å². The Morgan fingerprint density at radius 3 is 0.780 bits per heavy atom. The predicted octanol–water partition coefficient (Wildman–Crippen LogP) is 35.5. The molecule has 632 valence electrons. The first kappa shape index (κ1) is 98.2. The number of benzene rings is 11. The zero-order valence-corrected chi connectivity index (χ0v) is 82.6. The summed E-state index contributed by atoms with van der Waals surface area (Å²) < 4.78 is 0. The normalized spacial score (nSPS) is 12.0. The molecule has 0 heteroatoms. The summed E-state index contributed by atoms with van der Waals surface area (Å²) in [7, 11) is 0. The minimum atomic E-state index is 0.150. The Morgan fingerprint density at radius 1 is 0.178 bits per heavy atom. The molecule has 0 atom stereocenters. The van der Waals surface area contributed by atoms with Gasteiger partial charge < -0.3 is 0 Å². The van der Waals surface area contributed by atoms with Gasteiger partial charge in [-0.25, -0.2) is 0 Å². The first-order valence-corrected chi connectivity index (χ1v) is 44.3. The third kappa shape index (κ3) is 25.3. The Morgan fingerprint density at radius 2 is 0.441 bits per heavy atom. The van der Waals surface area contributed by atoms with Crippen LogP contribution in [-0.4, -0.2) is 0 Å². The zero-order valence-electron chi connectivity index (χ0n) is 82.6. The molecule has 0 unspecified atom stereocenters. The standard InChI is InChI=1S/C24H34.C22H30.C21H28.C20H26.C19H24.C12H18/c1-15(2)20-11-10-12-21(16(3)4)23(20)19-13-17(5)18(6)22(14-19)24(7,8)9;1-15-13-17(14-20(16(15)2)22(6,7)8)18-11-9-10-12-19(18)21(3,4)5;1-14(2)18-10-8-9-11-19(18)17-12-15(3)16(4)20(13-17)21(5,6)7;1-13-9-8-10-14(2)19(13)17-11-15(3)16(4)18(12-17)20(5,6)7;1-13-9-7-8-10-17(13)16-11-14(2)15(3)18(12-16)19(4,5)6;1-9-6-7-11(10(2)8-9)12(3,4)5/h10-16H,1-9H3;9-14H,1-8H3;8-14H,1-7H3;8-12H,1-7H3;7-12H,1-6H3;6-8H,1-5H3. The lowest BCUT2D eigenvalue weighted by Crippen LogP contribution is -2.15. The van der Waals surface area contributed by atoms with E-state index in [9.17, 15) is 0 Å². The molecule has 0 saturated heterocycles. The molecule has 0 aromatic heterocycles. The molecule has 11 aromatic carbocycles. The second-order valence-corrected chi connectivity index (χ2v) is 42.9. The fraction of sp³-hybridized carbons (Fsp3) is 0.441. The van der Waals surface area contributed by atoms with Crippen molar-refractivity contribution in [2.75, 3.05) is 0 Å². The molecule has 0 aliphatic heterocycles. The second-order valence-electron chi connectivity index (χ2n) is 42.9. The molecule has 11 aromatic rings. The molecular weight excluding hydrogens is 1420 g/mol. The molecule has 0 fully saturated rings. The number of hydrogen-bond donors (Lipinski definition) is 0. The van der Waals surface area contributed by atoms with E-state index in [-0.39, 0.29) is 37.9 Å². The van der Waals surface area contributed by atoms with Gasteiger partial charge in [0.15, 0.2) is 0 Å². The summed E-state index contributed by atoms with van der Waals surface area (Å²) in [6.45, 7) is 95.1. The van der Waals surface area contributed by atoms with Gasteiger partial charge in [0.05, 0.1) is 0 Å². The van der Waals surface area contributed by atoms with Crippen molar-refractivity contribution in [1.82, 2.24) is 0 Å². The zero-order chi connectivity index (χ0) is 89.4. The quantitative estimate of drug-likeness (QED) is 0.142. The fourth-order valence-electron chi connectivity index (χ4n) is 17.3. The van der Waals surface area contributed by atoms with E-state index in [0.717, 1.165) is 0 Å². The summed E-state index contributed by atoms with van der Waals surface area (Å²) in [4.78, 5) is 0. The van der Waals surface area contributed by atoms with Crippen LogP contribution in [0.3, 0.4) is 0 Å². The molecule has 0 aliphatic carbocycles. The van der Waals surface area contributed by atoms with Gasteiger partial charge >= 0.3 is 0 Å². The monoisotopic (exact) mass is 1580 g/mol. The van der Waals surface area contributed by atoms with E-state index in [1.807, 2.05) is 0 Å². The largest absolute Gasteiger partial charge is 0.0620 e. The summed E-state index contributed by atoms with van der Waals surface area (Å²) >= 11 is 0. The van der Waals surface area contributed by atoms with Crippen molar-refractivity contribution < 1.29 is 0 Å². The van der Waals surface area contributed by atoms with Gasteiger partial charge in [-0.2, -0.15) is 0 Å². The lowest BCUT2D eigenvalue weighted by Gasteiger charge is -2.27. The Labute approximate surface area is 724 Å². The van der Waals surface area contributed by atoms with Crippen LogP contribution in [0.2, 0.25) is 0 Å². The van der Waals surface area contributed by atoms with Crippen molar-refractivity contribution in [2.24, 2.45) is 0 Å². The molecule has 0 amide bonds. The molecule has 0 spiro atoms. The van der Waals surface area contributed by atoms with Gasteiger partial charge in [-0.1, -0.05) is 381 Å². The van der Waals surface area contributed by atoms with Crippen LogP contribution >= 0.6 is 0 Å². The van der Waals surface area contributed by atoms with E-state index >= 15 is 0 Å². The van der Waals surface area contributed by atoms with Crippen LogP contribution in [0, 0.1) is 104 Å². The Kier molecular flexibility index (Phi) is 32.7. The number of hydrogen-bond acceptors (Lipinski definition) is 0. The highest BCUT2D eigenvalue weighted by atomic mass is 14.3. The summed E-state index contributed by atoms with van der Waals surface area (Å²) in [5.74, 6) is 1.60. The van der Waals surface area contributed by atoms with E-state index in [0.29, 0.717) is 17.8 Å². The fourth-order valence-corrected chi connectivity index (χ4v) is 17.3. The lowest BCUT2D eigenvalue weighted by atomic mass is 9.78.